The zero-order valence-corrected chi connectivity index (χ0v) is 13.6. The van der Waals surface area contributed by atoms with Gasteiger partial charge in [0.1, 0.15) is 5.69 Å². The standard InChI is InChI=1S/C18H21N3O2/c1-4-12(2)20-16-8-9-19-17(11-16)18(23)21-15-7-5-6-14(10-15)13(3)22/h5-12H,4H2,1-3H3,(H,19,20)(H,21,23). The Labute approximate surface area is 136 Å². The minimum Gasteiger partial charge on any atom is -0.382 e. The van der Waals surface area contributed by atoms with Crippen LogP contribution in [0.3, 0.4) is 0 Å². The van der Waals surface area contributed by atoms with Crippen molar-refractivity contribution in [1.29, 1.82) is 0 Å². The average molecular weight is 311 g/mol. The predicted molar refractivity (Wildman–Crippen MR) is 92.0 cm³/mol. The number of pyridine rings is 1. The molecule has 0 bridgehead atoms. The Morgan fingerprint density at radius 2 is 1.96 bits per heavy atom. The molecule has 120 valence electrons. The van der Waals surface area contributed by atoms with Gasteiger partial charge in [0.05, 0.1) is 0 Å². The van der Waals surface area contributed by atoms with E-state index in [1.54, 1.807) is 36.5 Å². The molecule has 5 heteroatoms. The molecule has 0 spiro atoms. The van der Waals surface area contributed by atoms with Gasteiger partial charge in [-0.3, -0.25) is 14.6 Å². The first-order valence-corrected chi connectivity index (χ1v) is 7.64. The van der Waals surface area contributed by atoms with Crippen LogP contribution in [0.25, 0.3) is 0 Å². The summed E-state index contributed by atoms with van der Waals surface area (Å²) in [5.74, 6) is -0.350. The molecule has 1 amide bonds. The van der Waals surface area contributed by atoms with Crippen molar-refractivity contribution in [3.63, 3.8) is 0 Å². The molecule has 1 heterocycles. The van der Waals surface area contributed by atoms with Crippen molar-refractivity contribution >= 4 is 23.1 Å². The highest BCUT2D eigenvalue weighted by atomic mass is 16.2. The third-order valence-corrected chi connectivity index (χ3v) is 3.54. The van der Waals surface area contributed by atoms with Crippen molar-refractivity contribution < 1.29 is 9.59 Å². The molecule has 0 saturated heterocycles. The monoisotopic (exact) mass is 311 g/mol. The Morgan fingerprint density at radius 1 is 1.17 bits per heavy atom. The number of nitrogens with one attached hydrogen (secondary N) is 2. The number of nitrogens with zero attached hydrogens (tertiary/aromatic N) is 1. The van der Waals surface area contributed by atoms with E-state index in [4.69, 9.17) is 0 Å². The molecule has 0 aliphatic rings. The fraction of sp³-hybridized carbons (Fsp3) is 0.278. The fourth-order valence-electron chi connectivity index (χ4n) is 2.04. The van der Waals surface area contributed by atoms with Crippen molar-refractivity contribution in [2.75, 3.05) is 10.6 Å². The molecule has 2 rings (SSSR count). The van der Waals surface area contributed by atoms with Gasteiger partial charge in [0, 0.05) is 29.2 Å². The van der Waals surface area contributed by atoms with Crippen molar-refractivity contribution in [2.45, 2.75) is 33.2 Å². The van der Waals surface area contributed by atoms with Crippen molar-refractivity contribution in [3.05, 3.63) is 53.9 Å². The number of aromatic nitrogens is 1. The zero-order valence-electron chi connectivity index (χ0n) is 13.6. The summed E-state index contributed by atoms with van der Waals surface area (Å²) >= 11 is 0. The molecule has 1 aromatic carbocycles. The van der Waals surface area contributed by atoms with Gasteiger partial charge in [0.15, 0.2) is 5.78 Å². The number of hydrogen-bond acceptors (Lipinski definition) is 4. The molecule has 0 saturated carbocycles. The molecule has 0 fully saturated rings. The minimum atomic E-state index is -0.307. The second kappa shape index (κ2) is 7.54. The molecule has 0 radical (unpaired) electrons. The number of benzene rings is 1. The van der Waals surface area contributed by atoms with Crippen molar-refractivity contribution in [2.24, 2.45) is 0 Å². The van der Waals surface area contributed by atoms with Crippen LogP contribution in [-0.4, -0.2) is 22.7 Å². The van der Waals surface area contributed by atoms with Crippen LogP contribution < -0.4 is 10.6 Å². The molecule has 0 aliphatic heterocycles. The summed E-state index contributed by atoms with van der Waals surface area (Å²) in [7, 11) is 0. The number of carbonyl (C=O) groups is 2. The fourth-order valence-corrected chi connectivity index (χ4v) is 2.04. The number of ketones is 1. The predicted octanol–water partition coefficient (Wildman–Crippen LogP) is 3.75. The number of amides is 1. The van der Waals surface area contributed by atoms with E-state index in [0.717, 1.165) is 12.1 Å². The number of carbonyl (C=O) groups excluding carboxylic acids is 2. The van der Waals surface area contributed by atoms with Crippen molar-refractivity contribution in [1.82, 2.24) is 4.98 Å². The third-order valence-electron chi connectivity index (χ3n) is 3.54. The topological polar surface area (TPSA) is 71.1 Å². The summed E-state index contributed by atoms with van der Waals surface area (Å²) in [6, 6.07) is 10.7. The molecular weight excluding hydrogens is 290 g/mol. The highest BCUT2D eigenvalue weighted by molar-refractivity contribution is 6.04. The van der Waals surface area contributed by atoms with Gasteiger partial charge in [-0.1, -0.05) is 19.1 Å². The molecule has 0 aliphatic carbocycles. The van der Waals surface area contributed by atoms with Crippen LogP contribution in [0, 0.1) is 0 Å². The lowest BCUT2D eigenvalue weighted by atomic mass is 10.1. The van der Waals surface area contributed by atoms with Gasteiger partial charge in [-0.15, -0.1) is 0 Å². The van der Waals surface area contributed by atoms with E-state index < -0.39 is 0 Å². The lowest BCUT2D eigenvalue weighted by molar-refractivity contribution is 0.100. The molecule has 2 aromatic rings. The van der Waals surface area contributed by atoms with Crippen molar-refractivity contribution in [3.8, 4) is 0 Å². The van der Waals surface area contributed by atoms with Gasteiger partial charge < -0.3 is 10.6 Å². The smallest absolute Gasteiger partial charge is 0.274 e. The first kappa shape index (κ1) is 16.7. The Balaban J connectivity index is 2.13. The molecule has 1 aromatic heterocycles. The lowest BCUT2D eigenvalue weighted by Gasteiger charge is -2.13. The molecular formula is C18H21N3O2. The zero-order chi connectivity index (χ0) is 16.8. The maximum atomic E-state index is 12.3. The Hall–Kier alpha value is -2.69. The molecule has 1 atom stereocenters. The quantitative estimate of drug-likeness (QED) is 0.797. The van der Waals surface area contributed by atoms with Gasteiger partial charge in [0.2, 0.25) is 0 Å². The number of Topliss-reactive ketones (excluding diaryl/α,β-unsaturated/α-hetero) is 1. The largest absolute Gasteiger partial charge is 0.382 e. The van der Waals surface area contributed by atoms with Gasteiger partial charge >= 0.3 is 0 Å². The van der Waals surface area contributed by atoms with Crippen LogP contribution in [-0.2, 0) is 0 Å². The van der Waals surface area contributed by atoms with E-state index in [1.807, 2.05) is 6.07 Å². The van der Waals surface area contributed by atoms with Gasteiger partial charge in [-0.2, -0.15) is 0 Å². The van der Waals surface area contributed by atoms with E-state index >= 15 is 0 Å². The maximum Gasteiger partial charge on any atom is 0.274 e. The average Bonchev–Trinajstić information content (AvgIpc) is 2.55. The van der Waals surface area contributed by atoms with Crippen LogP contribution in [0.15, 0.2) is 42.6 Å². The summed E-state index contributed by atoms with van der Waals surface area (Å²) in [5, 5.41) is 6.08. The second-order valence-corrected chi connectivity index (χ2v) is 5.47. The van der Waals surface area contributed by atoms with Crippen LogP contribution in [0.5, 0.6) is 0 Å². The SMILES string of the molecule is CCC(C)Nc1ccnc(C(=O)Nc2cccc(C(C)=O)c2)c1. The van der Waals surface area contributed by atoms with Crippen LogP contribution in [0.4, 0.5) is 11.4 Å². The van der Waals surface area contributed by atoms with Gasteiger partial charge in [-0.05, 0) is 44.5 Å². The van der Waals surface area contributed by atoms with E-state index in [1.165, 1.54) is 6.92 Å². The van der Waals surface area contributed by atoms with Gasteiger partial charge in [-0.25, -0.2) is 0 Å². The Bertz CT molecular complexity index is 713. The number of rotatable bonds is 6. The first-order chi connectivity index (χ1) is 11.0. The Morgan fingerprint density at radius 3 is 2.65 bits per heavy atom. The second-order valence-electron chi connectivity index (χ2n) is 5.47. The first-order valence-electron chi connectivity index (χ1n) is 7.64. The molecule has 23 heavy (non-hydrogen) atoms. The van der Waals surface area contributed by atoms with E-state index in [2.05, 4.69) is 29.5 Å². The van der Waals surface area contributed by atoms with E-state index in [-0.39, 0.29) is 11.7 Å². The van der Waals surface area contributed by atoms with Crippen LogP contribution >= 0.6 is 0 Å². The number of hydrogen-bond donors (Lipinski definition) is 2. The normalized spacial score (nSPS) is 11.6. The summed E-state index contributed by atoms with van der Waals surface area (Å²) in [5.41, 5.74) is 2.32. The van der Waals surface area contributed by atoms with Crippen LogP contribution in [0.2, 0.25) is 0 Å². The summed E-state index contributed by atoms with van der Waals surface area (Å²) in [6.07, 6.45) is 2.59. The molecule has 1 unspecified atom stereocenters. The molecule has 5 nitrogen and oxygen atoms in total. The third kappa shape index (κ3) is 4.64. The Kier molecular flexibility index (Phi) is 5.46. The summed E-state index contributed by atoms with van der Waals surface area (Å²) in [4.78, 5) is 27.8. The van der Waals surface area contributed by atoms with E-state index in [0.29, 0.717) is 23.0 Å². The van der Waals surface area contributed by atoms with E-state index in [9.17, 15) is 9.59 Å². The summed E-state index contributed by atoms with van der Waals surface area (Å²) in [6.45, 7) is 5.66. The minimum absolute atomic E-state index is 0.0426. The van der Waals surface area contributed by atoms with Crippen LogP contribution in [0.1, 0.15) is 48.0 Å². The highest BCUT2D eigenvalue weighted by Crippen LogP contribution is 2.14. The maximum absolute atomic E-state index is 12.3. The van der Waals surface area contributed by atoms with Gasteiger partial charge in [0.25, 0.3) is 5.91 Å². The number of anilines is 2. The highest BCUT2D eigenvalue weighted by Gasteiger charge is 2.10. The lowest BCUT2D eigenvalue weighted by Crippen LogP contribution is -2.16. The summed E-state index contributed by atoms with van der Waals surface area (Å²) < 4.78 is 0. The molecule has 2 N–H and O–H groups in total.